The van der Waals surface area contributed by atoms with Gasteiger partial charge < -0.3 is 10.1 Å². The van der Waals surface area contributed by atoms with E-state index in [0.29, 0.717) is 24.4 Å². The Hall–Kier alpha value is -2.45. The lowest BCUT2D eigenvalue weighted by Gasteiger charge is -2.38. The number of carbonyl (C=O) groups excluding carboxylic acids is 2. The number of hydrogen-bond acceptors (Lipinski definition) is 5. The first-order valence-corrected chi connectivity index (χ1v) is 10.4. The van der Waals surface area contributed by atoms with Crippen molar-refractivity contribution in [2.24, 2.45) is 13.0 Å². The van der Waals surface area contributed by atoms with Crippen molar-refractivity contribution in [3.8, 4) is 0 Å². The molecule has 1 atom stereocenters. The number of carbonyl (C=O) groups is 2. The summed E-state index contributed by atoms with van der Waals surface area (Å²) in [5.74, 6) is 0.286. The fourth-order valence-electron chi connectivity index (χ4n) is 4.81. The largest absolute Gasteiger partial charge is 0.375 e. The molecule has 2 aliphatic heterocycles. The molecule has 8 nitrogen and oxygen atoms in total. The Morgan fingerprint density at radius 2 is 1.97 bits per heavy atom. The van der Waals surface area contributed by atoms with Gasteiger partial charge in [-0.3, -0.25) is 24.0 Å². The molecule has 0 radical (unpaired) electrons. The van der Waals surface area contributed by atoms with Gasteiger partial charge in [-0.15, -0.1) is 0 Å². The van der Waals surface area contributed by atoms with E-state index in [1.165, 1.54) is 0 Å². The summed E-state index contributed by atoms with van der Waals surface area (Å²) in [5.41, 5.74) is 2.62. The van der Waals surface area contributed by atoms with Gasteiger partial charge in [0.05, 0.1) is 17.1 Å². The molecule has 1 aliphatic carbocycles. The summed E-state index contributed by atoms with van der Waals surface area (Å²) >= 11 is 0. The molecule has 1 saturated carbocycles. The third-order valence-corrected chi connectivity index (χ3v) is 6.64. The molecule has 2 aromatic rings. The molecule has 1 aromatic heterocycles. The number of ether oxygens (including phenoxy) is 1. The summed E-state index contributed by atoms with van der Waals surface area (Å²) in [7, 11) is 1.76. The van der Waals surface area contributed by atoms with E-state index < -0.39 is 11.9 Å². The van der Waals surface area contributed by atoms with Gasteiger partial charge in [0.25, 0.3) is 0 Å². The Kier molecular flexibility index (Phi) is 4.55. The molecule has 2 N–H and O–H groups in total. The molecule has 3 aliphatic rings. The van der Waals surface area contributed by atoms with Gasteiger partial charge in [-0.25, -0.2) is 4.79 Å². The van der Waals surface area contributed by atoms with Crippen LogP contribution in [0.5, 0.6) is 0 Å². The predicted molar refractivity (Wildman–Crippen MR) is 107 cm³/mol. The van der Waals surface area contributed by atoms with Crippen molar-refractivity contribution < 1.29 is 14.3 Å². The van der Waals surface area contributed by atoms with Crippen LogP contribution < -0.4 is 16.3 Å². The monoisotopic (exact) mass is 398 g/mol. The third kappa shape index (κ3) is 3.11. The number of imide groups is 1. The number of para-hydroxylation sites is 1. The second kappa shape index (κ2) is 7.11. The molecular formula is C21H26N4O4. The van der Waals surface area contributed by atoms with Gasteiger partial charge >= 0.3 is 5.69 Å². The van der Waals surface area contributed by atoms with E-state index in [0.717, 1.165) is 49.1 Å². The van der Waals surface area contributed by atoms with E-state index in [1.54, 1.807) is 16.2 Å². The highest BCUT2D eigenvalue weighted by atomic mass is 16.5. The molecule has 154 valence electrons. The minimum Gasteiger partial charge on any atom is -0.375 e. The smallest absolute Gasteiger partial charge is 0.329 e. The predicted octanol–water partition coefficient (Wildman–Crippen LogP) is 0.800. The van der Waals surface area contributed by atoms with Gasteiger partial charge in [-0.05, 0) is 42.7 Å². The average molecular weight is 398 g/mol. The summed E-state index contributed by atoms with van der Waals surface area (Å²) in [5, 5.41) is 5.58. The first-order chi connectivity index (χ1) is 14.0. The summed E-state index contributed by atoms with van der Waals surface area (Å²) in [6.07, 6.45) is 3.07. The van der Waals surface area contributed by atoms with Gasteiger partial charge in [0.1, 0.15) is 6.04 Å². The van der Waals surface area contributed by atoms with Crippen LogP contribution in [-0.2, 0) is 21.4 Å². The minimum absolute atomic E-state index is 0.210. The molecule has 1 aromatic carbocycles. The van der Waals surface area contributed by atoms with Crippen LogP contribution in [0, 0.1) is 5.92 Å². The highest BCUT2D eigenvalue weighted by Gasteiger charge is 2.35. The second-order valence-electron chi connectivity index (χ2n) is 8.54. The van der Waals surface area contributed by atoms with Crippen LogP contribution in [-0.4, -0.2) is 46.7 Å². The van der Waals surface area contributed by atoms with Crippen molar-refractivity contribution >= 4 is 22.8 Å². The maximum atomic E-state index is 13.0. The zero-order chi connectivity index (χ0) is 20.1. The molecule has 1 unspecified atom stereocenters. The lowest BCUT2D eigenvalue weighted by Crippen LogP contribution is -2.49. The van der Waals surface area contributed by atoms with Gasteiger partial charge in [0, 0.05) is 33.2 Å². The summed E-state index contributed by atoms with van der Waals surface area (Å²) < 4.78 is 9.12. The van der Waals surface area contributed by atoms with E-state index in [2.05, 4.69) is 16.7 Å². The molecule has 5 rings (SSSR count). The molecule has 29 heavy (non-hydrogen) atoms. The average Bonchev–Trinajstić information content (AvgIpc) is 2.87. The van der Waals surface area contributed by atoms with Gasteiger partial charge in [0.15, 0.2) is 0 Å². The Bertz CT molecular complexity index is 1030. The van der Waals surface area contributed by atoms with Gasteiger partial charge in [0.2, 0.25) is 11.8 Å². The zero-order valence-corrected chi connectivity index (χ0v) is 16.5. The van der Waals surface area contributed by atoms with Crippen LogP contribution in [0.15, 0.2) is 23.0 Å². The van der Waals surface area contributed by atoms with E-state index in [4.69, 9.17) is 4.74 Å². The van der Waals surface area contributed by atoms with Crippen molar-refractivity contribution in [1.29, 1.82) is 0 Å². The van der Waals surface area contributed by atoms with E-state index >= 15 is 0 Å². The van der Waals surface area contributed by atoms with Gasteiger partial charge in [-0.2, -0.15) is 0 Å². The highest BCUT2D eigenvalue weighted by molar-refractivity contribution is 6.00. The number of piperidine rings is 1. The van der Waals surface area contributed by atoms with Crippen LogP contribution in [0.3, 0.4) is 0 Å². The van der Waals surface area contributed by atoms with E-state index in [-0.39, 0.29) is 18.0 Å². The lowest BCUT2D eigenvalue weighted by atomic mass is 9.71. The first-order valence-electron chi connectivity index (χ1n) is 10.4. The standard InChI is InChI=1S/C21H26N4O4/c1-24-19-15(13-7-12(8-13)11-29-14-9-22-10-14)3-2-4-16(19)25(21(24)28)17-5-6-18(26)23-20(17)27/h2-4,12-14,17,22H,5-11H2,1H3,(H,23,26,27). The molecule has 3 heterocycles. The SMILES string of the molecule is Cn1c(=O)n(C2CCC(=O)NC2=O)c2cccc(C3CC(COC4CNC4)C3)c21. The van der Waals surface area contributed by atoms with Crippen LogP contribution >= 0.6 is 0 Å². The number of imidazole rings is 1. The molecule has 0 bridgehead atoms. The normalized spacial score (nSPS) is 27.6. The summed E-state index contributed by atoms with van der Waals surface area (Å²) in [4.78, 5) is 36.9. The second-order valence-corrected chi connectivity index (χ2v) is 8.54. The van der Waals surface area contributed by atoms with Crippen LogP contribution in [0.25, 0.3) is 11.0 Å². The molecule has 0 spiro atoms. The topological polar surface area (TPSA) is 94.4 Å². The molecular weight excluding hydrogens is 372 g/mol. The summed E-state index contributed by atoms with van der Waals surface area (Å²) in [6, 6.07) is 5.31. The number of rotatable bonds is 5. The van der Waals surface area contributed by atoms with Crippen molar-refractivity contribution in [2.45, 2.75) is 43.7 Å². The quantitative estimate of drug-likeness (QED) is 0.727. The van der Waals surface area contributed by atoms with Crippen LogP contribution in [0.2, 0.25) is 0 Å². The number of benzene rings is 1. The minimum atomic E-state index is -0.641. The van der Waals surface area contributed by atoms with Crippen molar-refractivity contribution in [1.82, 2.24) is 19.8 Å². The lowest BCUT2D eigenvalue weighted by molar-refractivity contribution is -0.135. The third-order valence-electron chi connectivity index (χ3n) is 6.64. The first kappa shape index (κ1) is 18.6. The van der Waals surface area contributed by atoms with Crippen molar-refractivity contribution in [3.05, 3.63) is 34.2 Å². The highest BCUT2D eigenvalue weighted by Crippen LogP contribution is 2.44. The number of aromatic nitrogens is 2. The Morgan fingerprint density at radius 3 is 2.66 bits per heavy atom. The van der Waals surface area contributed by atoms with Crippen LogP contribution in [0.4, 0.5) is 0 Å². The maximum Gasteiger partial charge on any atom is 0.329 e. The van der Waals surface area contributed by atoms with Gasteiger partial charge in [-0.1, -0.05) is 12.1 Å². The number of fused-ring (bicyclic) bond motifs is 1. The Morgan fingerprint density at radius 1 is 1.17 bits per heavy atom. The van der Waals surface area contributed by atoms with Crippen molar-refractivity contribution in [3.63, 3.8) is 0 Å². The molecule has 8 heteroatoms. The molecule has 2 saturated heterocycles. The summed E-state index contributed by atoms with van der Waals surface area (Å²) in [6.45, 7) is 2.70. The number of aryl methyl sites for hydroxylation is 1. The molecule has 2 amide bonds. The maximum absolute atomic E-state index is 13.0. The van der Waals surface area contributed by atoms with Crippen LogP contribution in [0.1, 0.15) is 43.2 Å². The number of amides is 2. The fourth-order valence-corrected chi connectivity index (χ4v) is 4.81. The van der Waals surface area contributed by atoms with E-state index in [1.807, 2.05) is 12.1 Å². The molecule has 3 fully saturated rings. The Balaban J connectivity index is 1.41. The van der Waals surface area contributed by atoms with E-state index in [9.17, 15) is 14.4 Å². The number of hydrogen-bond donors (Lipinski definition) is 2. The Labute approximate surface area is 168 Å². The number of nitrogens with one attached hydrogen (secondary N) is 2. The fraction of sp³-hybridized carbons (Fsp3) is 0.571. The number of nitrogens with zero attached hydrogens (tertiary/aromatic N) is 2. The van der Waals surface area contributed by atoms with Crippen molar-refractivity contribution in [2.75, 3.05) is 19.7 Å². The zero-order valence-electron chi connectivity index (χ0n) is 16.5.